The van der Waals surface area contributed by atoms with E-state index in [-0.39, 0.29) is 29.2 Å². The van der Waals surface area contributed by atoms with Gasteiger partial charge in [0.25, 0.3) is 0 Å². The van der Waals surface area contributed by atoms with Crippen LogP contribution < -0.4 is 5.32 Å². The summed E-state index contributed by atoms with van der Waals surface area (Å²) in [6, 6.07) is 6.25. The molecule has 0 radical (unpaired) electrons. The number of halogens is 1. The highest BCUT2D eigenvalue weighted by Crippen LogP contribution is 2.22. The molecule has 1 amide bonds. The predicted octanol–water partition coefficient (Wildman–Crippen LogP) is 3.23. The van der Waals surface area contributed by atoms with Gasteiger partial charge in [-0.2, -0.15) is 0 Å². The van der Waals surface area contributed by atoms with E-state index in [9.17, 15) is 14.3 Å². The zero-order valence-corrected chi connectivity index (χ0v) is 13.3. The van der Waals surface area contributed by atoms with E-state index < -0.39 is 0 Å². The number of aliphatic hydroxyl groups is 1. The second kappa shape index (κ2) is 7.55. The molecule has 2 unspecified atom stereocenters. The number of rotatable bonds is 7. The highest BCUT2D eigenvalue weighted by Gasteiger charge is 2.21. The molecule has 1 rings (SSSR count). The van der Waals surface area contributed by atoms with Gasteiger partial charge in [0.1, 0.15) is 5.82 Å². The Labute approximate surface area is 126 Å². The lowest BCUT2D eigenvalue weighted by Crippen LogP contribution is -2.36. The Kier molecular flexibility index (Phi) is 6.34. The number of carbonyl (C=O) groups is 1. The van der Waals surface area contributed by atoms with Crippen LogP contribution in [0.15, 0.2) is 24.3 Å². The summed E-state index contributed by atoms with van der Waals surface area (Å²) in [5, 5.41) is 12.3. The molecule has 4 heteroatoms. The van der Waals surface area contributed by atoms with Crippen LogP contribution in [0.2, 0.25) is 0 Å². The molecular weight excluding hydrogens is 269 g/mol. The molecule has 0 heterocycles. The van der Waals surface area contributed by atoms with Gasteiger partial charge in [0.2, 0.25) is 5.91 Å². The van der Waals surface area contributed by atoms with Crippen LogP contribution in [-0.4, -0.2) is 23.7 Å². The topological polar surface area (TPSA) is 49.3 Å². The average molecular weight is 295 g/mol. The van der Waals surface area contributed by atoms with E-state index in [4.69, 9.17) is 0 Å². The number of nitrogens with one attached hydrogen (secondary N) is 1. The number of carbonyl (C=O) groups excluding carboxylic acids is 1. The van der Waals surface area contributed by atoms with Gasteiger partial charge in [-0.1, -0.05) is 32.9 Å². The highest BCUT2D eigenvalue weighted by molar-refractivity contribution is 5.76. The normalized spacial score (nSPS) is 14.6. The fourth-order valence-electron chi connectivity index (χ4n) is 2.47. The Bertz CT molecular complexity index is 454. The predicted molar refractivity (Wildman–Crippen MR) is 82.5 cm³/mol. The number of hydrogen-bond donors (Lipinski definition) is 2. The molecule has 2 N–H and O–H groups in total. The Morgan fingerprint density at radius 3 is 2.38 bits per heavy atom. The second-order valence-electron chi connectivity index (χ2n) is 6.65. The molecule has 0 spiro atoms. The Balaban J connectivity index is 2.44. The van der Waals surface area contributed by atoms with Crippen molar-refractivity contribution in [2.75, 3.05) is 6.54 Å². The molecule has 118 valence electrons. The van der Waals surface area contributed by atoms with Crippen LogP contribution in [0, 0.1) is 11.2 Å². The van der Waals surface area contributed by atoms with E-state index in [2.05, 4.69) is 5.32 Å². The zero-order chi connectivity index (χ0) is 16.0. The number of benzene rings is 1. The third kappa shape index (κ3) is 6.71. The number of aliphatic hydroxyl groups excluding tert-OH is 1. The summed E-state index contributed by atoms with van der Waals surface area (Å²) in [6.07, 6.45) is 0.632. The lowest BCUT2D eigenvalue weighted by atomic mass is 9.87. The van der Waals surface area contributed by atoms with E-state index >= 15 is 0 Å². The molecule has 21 heavy (non-hydrogen) atoms. The molecule has 0 aliphatic heterocycles. The maximum absolute atomic E-state index is 12.9. The summed E-state index contributed by atoms with van der Waals surface area (Å²) in [5.74, 6) is -0.244. The van der Waals surface area contributed by atoms with Crippen LogP contribution in [0.5, 0.6) is 0 Å². The fraction of sp³-hybridized carbons (Fsp3) is 0.588. The monoisotopic (exact) mass is 295 g/mol. The largest absolute Gasteiger partial charge is 0.393 e. The van der Waals surface area contributed by atoms with Gasteiger partial charge in [0.05, 0.1) is 6.10 Å². The lowest BCUT2D eigenvalue weighted by molar-refractivity contribution is -0.121. The SMILES string of the molecule is CC(O)CC(C)(C)CNC(=O)CC(C)c1ccc(F)cc1. The third-order valence-electron chi connectivity index (χ3n) is 3.54. The first-order chi connectivity index (χ1) is 9.69. The molecule has 0 saturated carbocycles. The molecule has 1 aromatic rings. The van der Waals surface area contributed by atoms with Crippen LogP contribution in [0.3, 0.4) is 0 Å². The number of amides is 1. The maximum Gasteiger partial charge on any atom is 0.220 e. The van der Waals surface area contributed by atoms with Gasteiger partial charge in [0.15, 0.2) is 0 Å². The molecule has 0 aliphatic carbocycles. The molecule has 0 saturated heterocycles. The van der Waals surface area contributed by atoms with E-state index in [0.717, 1.165) is 5.56 Å². The quantitative estimate of drug-likeness (QED) is 0.811. The first kappa shape index (κ1) is 17.6. The van der Waals surface area contributed by atoms with Gasteiger partial charge < -0.3 is 10.4 Å². The Morgan fingerprint density at radius 2 is 1.86 bits per heavy atom. The van der Waals surface area contributed by atoms with E-state index in [1.807, 2.05) is 20.8 Å². The van der Waals surface area contributed by atoms with Gasteiger partial charge in [-0.15, -0.1) is 0 Å². The summed E-state index contributed by atoms with van der Waals surface area (Å²) >= 11 is 0. The van der Waals surface area contributed by atoms with E-state index in [1.54, 1.807) is 19.1 Å². The standard InChI is InChI=1S/C17H26FNO2/c1-12(14-5-7-15(18)8-6-14)9-16(21)19-11-17(3,4)10-13(2)20/h5-8,12-13,20H,9-11H2,1-4H3,(H,19,21). The van der Waals surface area contributed by atoms with Crippen LogP contribution in [0.25, 0.3) is 0 Å². The van der Waals surface area contributed by atoms with Gasteiger partial charge in [0, 0.05) is 13.0 Å². The fourth-order valence-corrected chi connectivity index (χ4v) is 2.47. The first-order valence-corrected chi connectivity index (χ1v) is 7.40. The molecule has 1 aromatic carbocycles. The van der Waals surface area contributed by atoms with Crippen molar-refractivity contribution in [2.45, 2.75) is 52.6 Å². The Hall–Kier alpha value is -1.42. The molecule has 3 nitrogen and oxygen atoms in total. The summed E-state index contributed by atoms with van der Waals surface area (Å²) in [6.45, 7) is 8.27. The van der Waals surface area contributed by atoms with Crippen molar-refractivity contribution in [1.29, 1.82) is 0 Å². The molecule has 0 bridgehead atoms. The zero-order valence-electron chi connectivity index (χ0n) is 13.3. The van der Waals surface area contributed by atoms with E-state index in [0.29, 0.717) is 19.4 Å². The summed E-state index contributed by atoms with van der Waals surface area (Å²) in [7, 11) is 0. The van der Waals surface area contributed by atoms with Gasteiger partial charge in [-0.3, -0.25) is 4.79 Å². The molecule has 0 aromatic heterocycles. The van der Waals surface area contributed by atoms with Crippen molar-refractivity contribution in [3.8, 4) is 0 Å². The van der Waals surface area contributed by atoms with Gasteiger partial charge in [-0.05, 0) is 42.4 Å². The van der Waals surface area contributed by atoms with Crippen LogP contribution in [-0.2, 0) is 4.79 Å². The van der Waals surface area contributed by atoms with Crippen molar-refractivity contribution >= 4 is 5.91 Å². The Morgan fingerprint density at radius 1 is 1.29 bits per heavy atom. The summed E-state index contributed by atoms with van der Waals surface area (Å²) < 4.78 is 12.9. The van der Waals surface area contributed by atoms with Crippen molar-refractivity contribution in [3.05, 3.63) is 35.6 Å². The third-order valence-corrected chi connectivity index (χ3v) is 3.54. The first-order valence-electron chi connectivity index (χ1n) is 7.40. The maximum atomic E-state index is 12.9. The van der Waals surface area contributed by atoms with Crippen molar-refractivity contribution in [3.63, 3.8) is 0 Å². The van der Waals surface area contributed by atoms with Gasteiger partial charge >= 0.3 is 0 Å². The summed E-state index contributed by atoms with van der Waals surface area (Å²) in [5.41, 5.74) is 0.818. The molecule has 0 aliphatic rings. The van der Waals surface area contributed by atoms with Crippen LogP contribution in [0.1, 0.15) is 52.0 Å². The minimum Gasteiger partial charge on any atom is -0.393 e. The minimum absolute atomic E-state index is 0.0227. The van der Waals surface area contributed by atoms with Crippen molar-refractivity contribution < 1.29 is 14.3 Å². The van der Waals surface area contributed by atoms with Crippen LogP contribution >= 0.6 is 0 Å². The lowest BCUT2D eigenvalue weighted by Gasteiger charge is -2.26. The molecular formula is C17H26FNO2. The van der Waals surface area contributed by atoms with Crippen molar-refractivity contribution in [1.82, 2.24) is 5.32 Å². The smallest absolute Gasteiger partial charge is 0.220 e. The summed E-state index contributed by atoms with van der Waals surface area (Å²) in [4.78, 5) is 12.0. The van der Waals surface area contributed by atoms with Crippen LogP contribution in [0.4, 0.5) is 4.39 Å². The van der Waals surface area contributed by atoms with Crippen molar-refractivity contribution in [2.24, 2.45) is 5.41 Å². The molecule has 2 atom stereocenters. The highest BCUT2D eigenvalue weighted by atomic mass is 19.1. The van der Waals surface area contributed by atoms with E-state index in [1.165, 1.54) is 12.1 Å². The average Bonchev–Trinajstić information content (AvgIpc) is 2.36. The minimum atomic E-state index is -0.380. The second-order valence-corrected chi connectivity index (χ2v) is 6.65. The molecule has 0 fully saturated rings. The van der Waals surface area contributed by atoms with Gasteiger partial charge in [-0.25, -0.2) is 4.39 Å². The number of hydrogen-bond acceptors (Lipinski definition) is 2.